The van der Waals surface area contributed by atoms with Crippen LogP contribution >= 0.6 is 11.3 Å². The van der Waals surface area contributed by atoms with Crippen LogP contribution in [-0.4, -0.2) is 22.6 Å². The molecule has 0 spiro atoms. The molecule has 3 aromatic heterocycles. The molecule has 1 unspecified atom stereocenters. The van der Waals surface area contributed by atoms with Gasteiger partial charge < -0.3 is 0 Å². The second kappa shape index (κ2) is 20.0. The quantitative estimate of drug-likeness (QED) is 0.0655. The Hall–Kier alpha value is -9.00. The Bertz CT molecular complexity index is 4180. The molecule has 0 bridgehead atoms. The number of para-hydroxylation sites is 2. The van der Waals surface area contributed by atoms with Crippen LogP contribution in [0.2, 0.25) is 0 Å². The van der Waals surface area contributed by atoms with E-state index >= 15 is 0 Å². The Kier molecular flexibility index (Phi) is 12.3. The summed E-state index contributed by atoms with van der Waals surface area (Å²) in [6.45, 7) is 6.46. The molecule has 0 N–H and O–H groups in total. The highest BCUT2D eigenvalue weighted by Gasteiger charge is 2.42. The molecule has 10 aromatic carbocycles. The number of benzene rings is 10. The smallest absolute Gasteiger partial charge is 0.235 e. The molecule has 0 saturated heterocycles. The molecule has 13 rings (SSSR count). The standard InChI is InChI=1S/C71H53N3SSi/c1-3-5-22-49(4-2)52-27-18-31-57(43-52)76(58-32-19-28-53(44-58)50-23-8-6-9-24-50,59-33-20-29-54(45-59)51-25-10-7-11-26-51)60-34-21-30-55(46-60)65-48-66(56-41-42-70-64(47-56)63-37-14-17-40-69(63)75-70)73-71(72-65)74-67-38-15-12-35-61(67)62-36-13-16-39-68(62)74/h3-21,23-49H,2,22H2,1H3/b5-3-. The van der Waals surface area contributed by atoms with E-state index in [2.05, 4.69) is 291 Å². The molecule has 0 radical (unpaired) electrons. The first-order chi connectivity index (χ1) is 37.6. The Labute approximate surface area is 449 Å². The highest BCUT2D eigenvalue weighted by atomic mass is 32.1. The van der Waals surface area contributed by atoms with Crippen LogP contribution in [0.4, 0.5) is 0 Å². The molecule has 76 heavy (non-hydrogen) atoms. The summed E-state index contributed by atoms with van der Waals surface area (Å²) in [4.78, 5) is 11.2. The zero-order valence-corrected chi connectivity index (χ0v) is 44.0. The van der Waals surface area contributed by atoms with Crippen LogP contribution in [0.3, 0.4) is 0 Å². The normalized spacial score (nSPS) is 12.3. The van der Waals surface area contributed by atoms with Gasteiger partial charge >= 0.3 is 0 Å². The fourth-order valence-electron chi connectivity index (χ4n) is 11.5. The minimum atomic E-state index is -3.28. The predicted octanol–water partition coefficient (Wildman–Crippen LogP) is 16.2. The third-order valence-electron chi connectivity index (χ3n) is 15.2. The lowest BCUT2D eigenvalue weighted by atomic mass is 9.96. The number of hydrogen-bond acceptors (Lipinski definition) is 3. The second-order valence-corrected chi connectivity index (χ2v) is 24.5. The van der Waals surface area contributed by atoms with Gasteiger partial charge in [0.05, 0.1) is 22.4 Å². The van der Waals surface area contributed by atoms with Gasteiger partial charge in [-0.15, -0.1) is 17.9 Å². The van der Waals surface area contributed by atoms with Crippen molar-refractivity contribution in [2.24, 2.45) is 0 Å². The number of fused-ring (bicyclic) bond motifs is 6. The maximum atomic E-state index is 5.65. The Morgan fingerprint density at radius 3 is 1.50 bits per heavy atom. The summed E-state index contributed by atoms with van der Waals surface area (Å²) in [5.41, 5.74) is 11.9. The van der Waals surface area contributed by atoms with Gasteiger partial charge in [0, 0.05) is 48.0 Å². The van der Waals surface area contributed by atoms with Crippen molar-refractivity contribution in [3.8, 4) is 50.7 Å². The number of hydrogen-bond donors (Lipinski definition) is 0. The third kappa shape index (κ3) is 8.31. The molecule has 3 nitrogen and oxygen atoms in total. The Morgan fingerprint density at radius 1 is 0.434 bits per heavy atom. The van der Waals surface area contributed by atoms with Crippen molar-refractivity contribution in [3.05, 3.63) is 285 Å². The average molecular weight is 1010 g/mol. The summed E-state index contributed by atoms with van der Waals surface area (Å²) in [5, 5.41) is 9.97. The summed E-state index contributed by atoms with van der Waals surface area (Å²) in [6.07, 6.45) is 7.38. The van der Waals surface area contributed by atoms with E-state index < -0.39 is 8.07 Å². The Balaban J connectivity index is 1.10. The molecular formula is C71H53N3SSi. The highest BCUT2D eigenvalue weighted by Crippen LogP contribution is 2.38. The van der Waals surface area contributed by atoms with Gasteiger partial charge in [-0.25, -0.2) is 9.97 Å². The van der Waals surface area contributed by atoms with E-state index in [1.807, 2.05) is 11.3 Å². The van der Waals surface area contributed by atoms with E-state index in [-0.39, 0.29) is 5.92 Å². The molecule has 362 valence electrons. The predicted molar refractivity (Wildman–Crippen MR) is 327 cm³/mol. The van der Waals surface area contributed by atoms with Gasteiger partial charge in [-0.2, -0.15) is 0 Å². The number of aromatic nitrogens is 3. The van der Waals surface area contributed by atoms with Gasteiger partial charge in [-0.1, -0.05) is 237 Å². The van der Waals surface area contributed by atoms with Crippen molar-refractivity contribution in [2.75, 3.05) is 0 Å². The SMILES string of the molecule is C=CC(C/C=C\C)c1cccc([Si](c2cccc(-c3ccccc3)c2)(c2cccc(-c3ccccc3)c2)c2cccc(-c3cc(-c4ccc5sc6ccccc6c5c4)nc(-n4c5ccccc5c5ccccc54)n3)c2)c1. The summed E-state index contributed by atoms with van der Waals surface area (Å²) in [6, 6.07) is 94.0. The molecule has 0 amide bonds. The van der Waals surface area contributed by atoms with Crippen LogP contribution in [-0.2, 0) is 0 Å². The summed E-state index contributed by atoms with van der Waals surface area (Å²) < 4.78 is 4.78. The van der Waals surface area contributed by atoms with E-state index in [9.17, 15) is 0 Å². The molecule has 0 aliphatic rings. The summed E-state index contributed by atoms with van der Waals surface area (Å²) in [7, 11) is -3.28. The molecule has 0 aliphatic carbocycles. The molecule has 1 atom stereocenters. The van der Waals surface area contributed by atoms with Crippen molar-refractivity contribution in [1.29, 1.82) is 0 Å². The van der Waals surface area contributed by atoms with Crippen molar-refractivity contribution in [2.45, 2.75) is 19.3 Å². The lowest BCUT2D eigenvalue weighted by Gasteiger charge is -2.36. The van der Waals surface area contributed by atoms with Crippen LogP contribution in [0.15, 0.2) is 280 Å². The van der Waals surface area contributed by atoms with E-state index in [4.69, 9.17) is 9.97 Å². The first kappa shape index (κ1) is 46.8. The molecule has 5 heteroatoms. The van der Waals surface area contributed by atoms with Crippen LogP contribution in [0.25, 0.3) is 92.7 Å². The maximum Gasteiger partial charge on any atom is 0.235 e. The molecule has 0 fully saturated rings. The van der Waals surface area contributed by atoms with E-state index in [0.29, 0.717) is 5.95 Å². The number of nitrogens with zero attached hydrogens (tertiary/aromatic N) is 3. The average Bonchev–Trinajstić information content (AvgIpc) is 4.12. The first-order valence-corrected chi connectivity index (χ1v) is 29.0. The van der Waals surface area contributed by atoms with Crippen molar-refractivity contribution in [3.63, 3.8) is 0 Å². The van der Waals surface area contributed by atoms with Gasteiger partial charge in [0.25, 0.3) is 0 Å². The lowest BCUT2D eigenvalue weighted by Crippen LogP contribution is -2.74. The zero-order valence-electron chi connectivity index (χ0n) is 42.2. The van der Waals surface area contributed by atoms with E-state index in [0.717, 1.165) is 40.0 Å². The second-order valence-electron chi connectivity index (χ2n) is 19.6. The minimum Gasteiger partial charge on any atom is -0.278 e. The largest absolute Gasteiger partial charge is 0.278 e. The Morgan fingerprint density at radius 2 is 0.908 bits per heavy atom. The van der Waals surface area contributed by atoms with Crippen LogP contribution in [0.1, 0.15) is 24.8 Å². The van der Waals surface area contributed by atoms with Gasteiger partial charge in [0.2, 0.25) is 5.95 Å². The molecular weight excluding hydrogens is 955 g/mol. The minimum absolute atomic E-state index is 0.144. The molecule has 0 saturated carbocycles. The van der Waals surface area contributed by atoms with Gasteiger partial charge in [-0.05, 0) is 98.3 Å². The van der Waals surface area contributed by atoms with Crippen LogP contribution < -0.4 is 20.7 Å². The van der Waals surface area contributed by atoms with Crippen LogP contribution in [0, 0.1) is 0 Å². The third-order valence-corrected chi connectivity index (χ3v) is 21.1. The van der Waals surface area contributed by atoms with Gasteiger partial charge in [0.1, 0.15) is 0 Å². The van der Waals surface area contributed by atoms with Crippen molar-refractivity contribution in [1.82, 2.24) is 14.5 Å². The van der Waals surface area contributed by atoms with Crippen LogP contribution in [0.5, 0.6) is 0 Å². The molecule has 3 heterocycles. The summed E-state index contributed by atoms with van der Waals surface area (Å²) >= 11 is 1.83. The topological polar surface area (TPSA) is 30.7 Å². The summed E-state index contributed by atoms with van der Waals surface area (Å²) in [5.74, 6) is 0.773. The number of thiophene rings is 1. The van der Waals surface area contributed by atoms with E-state index in [1.54, 1.807) is 0 Å². The van der Waals surface area contributed by atoms with Crippen molar-refractivity contribution >= 4 is 82.1 Å². The molecule has 0 aliphatic heterocycles. The van der Waals surface area contributed by atoms with Crippen molar-refractivity contribution < 1.29 is 0 Å². The fraction of sp³-hybridized carbons (Fsp3) is 0.0423. The molecule has 13 aromatic rings. The number of allylic oxidation sites excluding steroid dienone is 3. The van der Waals surface area contributed by atoms with Gasteiger partial charge in [-0.3, -0.25) is 4.57 Å². The van der Waals surface area contributed by atoms with Gasteiger partial charge in [0.15, 0.2) is 8.07 Å². The first-order valence-electron chi connectivity index (χ1n) is 26.1. The van der Waals surface area contributed by atoms with E-state index in [1.165, 1.54) is 79.5 Å². The zero-order chi connectivity index (χ0) is 51.0. The monoisotopic (exact) mass is 1010 g/mol. The highest BCUT2D eigenvalue weighted by molar-refractivity contribution is 7.25. The maximum absolute atomic E-state index is 5.65. The number of rotatable bonds is 13. The fourth-order valence-corrected chi connectivity index (χ4v) is 17.5. The lowest BCUT2D eigenvalue weighted by molar-refractivity contribution is 0.866.